The van der Waals surface area contributed by atoms with Crippen LogP contribution in [0.1, 0.15) is 0 Å². The second-order valence-corrected chi connectivity index (χ2v) is 15.8. The second kappa shape index (κ2) is 11.2. The molecule has 13 aromatic rings. The fraction of sp³-hybridized carbons (Fsp3) is 0. The first kappa shape index (κ1) is 30.2. The lowest BCUT2D eigenvalue weighted by Crippen LogP contribution is -1.89. The maximum absolute atomic E-state index is 6.62. The van der Waals surface area contributed by atoms with E-state index in [2.05, 4.69) is 140 Å². The average molecular weight is 733 g/mol. The van der Waals surface area contributed by atoms with E-state index in [0.29, 0.717) is 0 Å². The number of para-hydroxylation sites is 2. The van der Waals surface area contributed by atoms with Crippen LogP contribution in [0.4, 0.5) is 0 Å². The Kier molecular flexibility index (Phi) is 6.04. The summed E-state index contributed by atoms with van der Waals surface area (Å²) in [4.78, 5) is 1.26. The smallest absolute Gasteiger partial charge is 0.147 e. The van der Waals surface area contributed by atoms with Crippen LogP contribution in [0.3, 0.4) is 0 Å². The Morgan fingerprint density at radius 2 is 0.875 bits per heavy atom. The summed E-state index contributed by atoms with van der Waals surface area (Å²) in [7, 11) is 0. The van der Waals surface area contributed by atoms with Gasteiger partial charge in [-0.2, -0.15) is 0 Å². The van der Waals surface area contributed by atoms with E-state index in [1.807, 2.05) is 41.7 Å². The molecule has 0 bridgehead atoms. The Morgan fingerprint density at radius 3 is 1.62 bits per heavy atom. The van der Waals surface area contributed by atoms with Gasteiger partial charge >= 0.3 is 0 Å². The zero-order valence-electron chi connectivity index (χ0n) is 29.8. The molecule has 4 heteroatoms. The Morgan fingerprint density at radius 1 is 0.321 bits per heavy atom. The summed E-state index contributed by atoms with van der Waals surface area (Å²) < 4.78 is 20.3. The monoisotopic (exact) mass is 732 g/mol. The van der Waals surface area contributed by atoms with Crippen molar-refractivity contribution in [1.82, 2.24) is 0 Å². The third kappa shape index (κ3) is 4.22. The number of furan rings is 3. The van der Waals surface area contributed by atoms with Crippen molar-refractivity contribution in [3.63, 3.8) is 0 Å². The molecule has 13 rings (SSSR count). The molecule has 0 aliphatic rings. The SMILES string of the molecule is c1ccc2c(c1)oc1cc3cc(-c4c5ccccc5c(-c5ccc(-c6ccc7c(c6)oc6c7ccc7oc8ccccc8c76)cc5)c5ccccc45)sc3cc12. The Hall–Kier alpha value is -7.14. The molecule has 0 aliphatic heterocycles. The predicted octanol–water partition coefficient (Wildman–Crippen LogP) is 15.9. The minimum Gasteiger partial charge on any atom is -0.456 e. The van der Waals surface area contributed by atoms with Crippen LogP contribution < -0.4 is 0 Å². The van der Waals surface area contributed by atoms with Gasteiger partial charge in [0.15, 0.2) is 0 Å². The lowest BCUT2D eigenvalue weighted by molar-refractivity contribution is 0.663. The van der Waals surface area contributed by atoms with Gasteiger partial charge < -0.3 is 13.3 Å². The van der Waals surface area contributed by atoms with E-state index in [0.717, 1.165) is 76.9 Å². The third-order valence-electron chi connectivity index (χ3n) is 11.7. The molecule has 0 spiro atoms. The van der Waals surface area contributed by atoms with Crippen molar-refractivity contribution in [3.8, 4) is 32.7 Å². The molecule has 260 valence electrons. The lowest BCUT2D eigenvalue weighted by Gasteiger charge is -2.17. The van der Waals surface area contributed by atoms with Crippen LogP contribution >= 0.6 is 11.3 Å². The molecular formula is C52H28O3S. The first-order valence-corrected chi connectivity index (χ1v) is 19.7. The normalized spacial score (nSPS) is 12.3. The maximum atomic E-state index is 6.62. The van der Waals surface area contributed by atoms with Crippen LogP contribution in [0, 0.1) is 0 Å². The standard InChI is InChI=1S/C52H28O3S/c1-3-12-37-35(10-1)49(36-11-2-4-13-38(36)50(37)48-27-32-26-46-41(28-47(32)56-48)33-9-5-7-15-42(33)54-46)30-19-17-29(18-20-30)31-21-22-34-39-23-24-44-51(52(39)55-45(34)25-31)40-14-6-8-16-43(40)53-44/h1-28H. The molecule has 0 atom stereocenters. The average Bonchev–Trinajstić information content (AvgIpc) is 4.02. The predicted molar refractivity (Wildman–Crippen MR) is 235 cm³/mol. The van der Waals surface area contributed by atoms with Crippen LogP contribution in [0.15, 0.2) is 183 Å². The molecule has 0 saturated heterocycles. The van der Waals surface area contributed by atoms with Crippen molar-refractivity contribution >= 4 is 109 Å². The molecule has 9 aromatic carbocycles. The maximum Gasteiger partial charge on any atom is 0.147 e. The van der Waals surface area contributed by atoms with Gasteiger partial charge in [0, 0.05) is 42.1 Å². The van der Waals surface area contributed by atoms with Gasteiger partial charge in [-0.3, -0.25) is 0 Å². The first-order valence-electron chi connectivity index (χ1n) is 18.9. The van der Waals surface area contributed by atoms with Gasteiger partial charge in [-0.25, -0.2) is 0 Å². The fourth-order valence-corrected chi connectivity index (χ4v) is 10.3. The molecule has 0 N–H and O–H groups in total. The van der Waals surface area contributed by atoms with Crippen LogP contribution in [0.25, 0.3) is 130 Å². The summed E-state index contributed by atoms with van der Waals surface area (Å²) in [6.07, 6.45) is 0. The lowest BCUT2D eigenvalue weighted by atomic mass is 9.87. The van der Waals surface area contributed by atoms with Gasteiger partial charge in [0.2, 0.25) is 0 Å². The van der Waals surface area contributed by atoms with Gasteiger partial charge in [-0.05, 0) is 104 Å². The van der Waals surface area contributed by atoms with E-state index < -0.39 is 0 Å². The highest BCUT2D eigenvalue weighted by Crippen LogP contribution is 2.48. The topological polar surface area (TPSA) is 39.4 Å². The highest BCUT2D eigenvalue weighted by atomic mass is 32.1. The molecule has 3 nitrogen and oxygen atoms in total. The van der Waals surface area contributed by atoms with Crippen LogP contribution in [0.2, 0.25) is 0 Å². The van der Waals surface area contributed by atoms with E-state index in [9.17, 15) is 0 Å². The fourth-order valence-electron chi connectivity index (χ4n) is 9.14. The Balaban J connectivity index is 0.940. The van der Waals surface area contributed by atoms with Crippen molar-refractivity contribution in [3.05, 3.63) is 170 Å². The molecule has 0 aliphatic carbocycles. The van der Waals surface area contributed by atoms with Crippen LogP contribution in [-0.4, -0.2) is 0 Å². The summed E-state index contributed by atoms with van der Waals surface area (Å²) in [6, 6.07) is 60.8. The number of rotatable bonds is 3. The molecule has 0 saturated carbocycles. The number of hydrogen-bond donors (Lipinski definition) is 0. The molecule has 0 amide bonds. The van der Waals surface area contributed by atoms with Crippen molar-refractivity contribution < 1.29 is 13.3 Å². The first-order chi connectivity index (χ1) is 27.7. The summed E-state index contributed by atoms with van der Waals surface area (Å²) in [6.45, 7) is 0. The van der Waals surface area contributed by atoms with Crippen LogP contribution in [-0.2, 0) is 0 Å². The molecule has 4 aromatic heterocycles. The highest BCUT2D eigenvalue weighted by Gasteiger charge is 2.20. The zero-order chi connectivity index (χ0) is 36.5. The number of thiophene rings is 1. The van der Waals surface area contributed by atoms with E-state index in [-0.39, 0.29) is 0 Å². The largest absolute Gasteiger partial charge is 0.456 e. The third-order valence-corrected chi connectivity index (χ3v) is 12.8. The molecule has 0 radical (unpaired) electrons. The van der Waals surface area contributed by atoms with Gasteiger partial charge in [-0.1, -0.05) is 115 Å². The zero-order valence-corrected chi connectivity index (χ0v) is 30.6. The Bertz CT molecular complexity index is 3700. The molecule has 0 unspecified atom stereocenters. The van der Waals surface area contributed by atoms with Gasteiger partial charge in [-0.15, -0.1) is 11.3 Å². The summed E-state index contributed by atoms with van der Waals surface area (Å²) in [5.74, 6) is 0. The summed E-state index contributed by atoms with van der Waals surface area (Å²) in [5, 5.41) is 12.8. The minimum absolute atomic E-state index is 0.843. The molecular weight excluding hydrogens is 705 g/mol. The number of benzene rings is 9. The minimum atomic E-state index is 0.843. The summed E-state index contributed by atoms with van der Waals surface area (Å²) >= 11 is 1.86. The van der Waals surface area contributed by atoms with Gasteiger partial charge in [0.25, 0.3) is 0 Å². The van der Waals surface area contributed by atoms with E-state index in [1.165, 1.54) is 53.2 Å². The van der Waals surface area contributed by atoms with E-state index in [4.69, 9.17) is 13.3 Å². The van der Waals surface area contributed by atoms with Crippen LogP contribution in [0.5, 0.6) is 0 Å². The van der Waals surface area contributed by atoms with Crippen molar-refractivity contribution in [2.24, 2.45) is 0 Å². The van der Waals surface area contributed by atoms with Crippen molar-refractivity contribution in [2.45, 2.75) is 0 Å². The molecule has 56 heavy (non-hydrogen) atoms. The second-order valence-electron chi connectivity index (χ2n) is 14.7. The van der Waals surface area contributed by atoms with Crippen molar-refractivity contribution in [1.29, 1.82) is 0 Å². The highest BCUT2D eigenvalue weighted by molar-refractivity contribution is 7.22. The van der Waals surface area contributed by atoms with Gasteiger partial charge in [0.05, 0.1) is 5.39 Å². The Labute approximate surface area is 323 Å². The molecule has 0 fully saturated rings. The number of hydrogen-bond acceptors (Lipinski definition) is 4. The van der Waals surface area contributed by atoms with E-state index in [1.54, 1.807) is 0 Å². The van der Waals surface area contributed by atoms with Gasteiger partial charge in [0.1, 0.15) is 33.5 Å². The quantitative estimate of drug-likeness (QED) is 0.170. The van der Waals surface area contributed by atoms with E-state index >= 15 is 0 Å². The number of fused-ring (bicyclic) bond motifs is 13. The summed E-state index contributed by atoms with van der Waals surface area (Å²) in [5.41, 5.74) is 11.3. The molecule has 4 heterocycles. The van der Waals surface area contributed by atoms with Crippen molar-refractivity contribution in [2.75, 3.05) is 0 Å².